The van der Waals surface area contributed by atoms with Gasteiger partial charge in [0.05, 0.1) is 0 Å². The van der Waals surface area contributed by atoms with E-state index in [2.05, 4.69) is 19.9 Å². The second-order valence-corrected chi connectivity index (χ2v) is 3.77. The second-order valence-electron chi connectivity index (χ2n) is 3.37. The van der Waals surface area contributed by atoms with Crippen LogP contribution in [0.15, 0.2) is 18.2 Å². The van der Waals surface area contributed by atoms with E-state index in [9.17, 15) is 0 Å². The smallest absolute Gasteiger partial charge is 0.0456 e. The van der Waals surface area contributed by atoms with Gasteiger partial charge in [-0.3, -0.25) is 0 Å². The molecule has 0 heterocycles. The van der Waals surface area contributed by atoms with E-state index >= 15 is 0 Å². The van der Waals surface area contributed by atoms with E-state index in [1.54, 1.807) is 0 Å². The Bertz CT molecular complexity index is 263. The summed E-state index contributed by atoms with van der Waals surface area (Å²) in [5.74, 6) is 0. The number of aryl methyl sites for hydroxylation is 1. The van der Waals surface area contributed by atoms with Gasteiger partial charge in [0, 0.05) is 11.1 Å². The van der Waals surface area contributed by atoms with Crippen LogP contribution in [0, 0.1) is 6.92 Å². The van der Waals surface area contributed by atoms with Crippen LogP contribution in [0.1, 0.15) is 36.9 Å². The van der Waals surface area contributed by atoms with Gasteiger partial charge in [-0.1, -0.05) is 37.1 Å². The monoisotopic (exact) mass is 197 g/mol. The van der Waals surface area contributed by atoms with Crippen molar-refractivity contribution in [3.8, 4) is 0 Å². The number of nitrogens with two attached hydrogens (primary N) is 1. The maximum atomic E-state index is 6.08. The van der Waals surface area contributed by atoms with E-state index < -0.39 is 0 Å². The van der Waals surface area contributed by atoms with Gasteiger partial charge in [0.2, 0.25) is 0 Å². The number of halogens is 1. The number of benzene rings is 1. The molecule has 72 valence electrons. The molecule has 0 aliphatic carbocycles. The van der Waals surface area contributed by atoms with Crippen molar-refractivity contribution in [3.05, 3.63) is 34.3 Å². The van der Waals surface area contributed by atoms with Crippen molar-refractivity contribution in [2.75, 3.05) is 0 Å². The van der Waals surface area contributed by atoms with Crippen molar-refractivity contribution in [2.45, 2.75) is 32.7 Å². The van der Waals surface area contributed by atoms with Crippen LogP contribution in [0.3, 0.4) is 0 Å². The average Bonchev–Trinajstić information content (AvgIpc) is 2.04. The molecule has 13 heavy (non-hydrogen) atoms. The Kier molecular flexibility index (Phi) is 3.76. The fourth-order valence-electron chi connectivity index (χ4n) is 1.57. The highest BCUT2D eigenvalue weighted by atomic mass is 35.5. The van der Waals surface area contributed by atoms with Gasteiger partial charge >= 0.3 is 0 Å². The normalized spacial score (nSPS) is 12.9. The molecule has 0 aromatic heterocycles. The lowest BCUT2D eigenvalue weighted by molar-refractivity contribution is 0.635. The van der Waals surface area contributed by atoms with E-state index in [1.165, 1.54) is 5.56 Å². The first kappa shape index (κ1) is 10.6. The number of hydrogen-bond acceptors (Lipinski definition) is 1. The molecular formula is C11H16ClN. The minimum atomic E-state index is 0.0821. The van der Waals surface area contributed by atoms with Crippen molar-refractivity contribution in [2.24, 2.45) is 5.73 Å². The molecule has 0 spiro atoms. The molecule has 0 saturated heterocycles. The van der Waals surface area contributed by atoms with Gasteiger partial charge in [-0.2, -0.15) is 0 Å². The zero-order valence-corrected chi connectivity index (χ0v) is 8.93. The van der Waals surface area contributed by atoms with Crippen LogP contribution < -0.4 is 5.73 Å². The summed E-state index contributed by atoms with van der Waals surface area (Å²) in [6.45, 7) is 4.18. The first-order valence-electron chi connectivity index (χ1n) is 4.67. The van der Waals surface area contributed by atoms with Gasteiger partial charge in [-0.25, -0.2) is 0 Å². The van der Waals surface area contributed by atoms with Gasteiger partial charge in [0.1, 0.15) is 0 Å². The third-order valence-corrected chi connectivity index (χ3v) is 2.57. The number of hydrogen-bond donors (Lipinski definition) is 1. The molecule has 1 atom stereocenters. The zero-order chi connectivity index (χ0) is 9.84. The van der Waals surface area contributed by atoms with Crippen LogP contribution >= 0.6 is 11.6 Å². The van der Waals surface area contributed by atoms with E-state index in [-0.39, 0.29) is 6.04 Å². The van der Waals surface area contributed by atoms with Crippen LogP contribution in [0.2, 0.25) is 5.02 Å². The standard InChI is InChI=1S/C11H16ClN/c1-3-5-10(13)11-8(2)6-4-7-9(11)12/h4,6-7,10H,3,5,13H2,1-2H3. The average molecular weight is 198 g/mol. The Morgan fingerprint density at radius 2 is 2.15 bits per heavy atom. The Hall–Kier alpha value is -0.530. The molecule has 0 fully saturated rings. The topological polar surface area (TPSA) is 26.0 Å². The highest BCUT2D eigenvalue weighted by molar-refractivity contribution is 6.31. The summed E-state index contributed by atoms with van der Waals surface area (Å²) in [4.78, 5) is 0. The number of rotatable bonds is 3. The Morgan fingerprint density at radius 1 is 1.46 bits per heavy atom. The quantitative estimate of drug-likeness (QED) is 0.790. The van der Waals surface area contributed by atoms with Gasteiger partial charge in [0.15, 0.2) is 0 Å². The summed E-state index contributed by atoms with van der Waals surface area (Å²) < 4.78 is 0. The molecule has 0 radical (unpaired) electrons. The van der Waals surface area contributed by atoms with E-state index in [0.717, 1.165) is 23.4 Å². The maximum Gasteiger partial charge on any atom is 0.0456 e. The van der Waals surface area contributed by atoms with E-state index in [0.29, 0.717) is 0 Å². The molecule has 0 aliphatic rings. The second kappa shape index (κ2) is 4.64. The predicted octanol–water partition coefficient (Wildman–Crippen LogP) is 3.45. The van der Waals surface area contributed by atoms with Crippen LogP contribution in [0.5, 0.6) is 0 Å². The predicted molar refractivity (Wildman–Crippen MR) is 58.0 cm³/mol. The summed E-state index contributed by atoms with van der Waals surface area (Å²) in [6.07, 6.45) is 2.08. The highest BCUT2D eigenvalue weighted by Gasteiger charge is 2.11. The van der Waals surface area contributed by atoms with Crippen LogP contribution in [0.4, 0.5) is 0 Å². The minimum Gasteiger partial charge on any atom is -0.324 e. The summed E-state index contributed by atoms with van der Waals surface area (Å²) in [7, 11) is 0. The minimum absolute atomic E-state index is 0.0821. The molecule has 1 aromatic rings. The van der Waals surface area contributed by atoms with Gasteiger partial charge in [0.25, 0.3) is 0 Å². The Labute approximate surface area is 84.9 Å². The molecule has 1 unspecified atom stereocenters. The molecule has 1 rings (SSSR count). The van der Waals surface area contributed by atoms with Crippen molar-refractivity contribution in [3.63, 3.8) is 0 Å². The van der Waals surface area contributed by atoms with Crippen molar-refractivity contribution in [1.82, 2.24) is 0 Å². The fraction of sp³-hybridized carbons (Fsp3) is 0.455. The summed E-state index contributed by atoms with van der Waals surface area (Å²) in [5, 5.41) is 0.793. The molecule has 0 bridgehead atoms. The first-order valence-corrected chi connectivity index (χ1v) is 5.05. The lowest BCUT2D eigenvalue weighted by Gasteiger charge is -2.15. The molecule has 0 amide bonds. The fourth-order valence-corrected chi connectivity index (χ4v) is 1.93. The van der Waals surface area contributed by atoms with Crippen molar-refractivity contribution in [1.29, 1.82) is 0 Å². The first-order chi connectivity index (χ1) is 6.16. The van der Waals surface area contributed by atoms with Gasteiger partial charge in [-0.15, -0.1) is 0 Å². The van der Waals surface area contributed by atoms with Crippen molar-refractivity contribution >= 4 is 11.6 Å². The summed E-state index contributed by atoms with van der Waals surface area (Å²) >= 11 is 6.08. The van der Waals surface area contributed by atoms with Crippen LogP contribution in [0.25, 0.3) is 0 Å². The molecular weight excluding hydrogens is 182 g/mol. The third-order valence-electron chi connectivity index (χ3n) is 2.24. The molecule has 1 aromatic carbocycles. The SMILES string of the molecule is CCCC(N)c1c(C)cccc1Cl. The Balaban J connectivity index is 2.98. The molecule has 1 nitrogen and oxygen atoms in total. The Morgan fingerprint density at radius 3 is 2.69 bits per heavy atom. The highest BCUT2D eigenvalue weighted by Crippen LogP contribution is 2.27. The largest absolute Gasteiger partial charge is 0.324 e. The maximum absolute atomic E-state index is 6.08. The zero-order valence-electron chi connectivity index (χ0n) is 8.18. The lowest BCUT2D eigenvalue weighted by atomic mass is 9.98. The lowest BCUT2D eigenvalue weighted by Crippen LogP contribution is -2.11. The van der Waals surface area contributed by atoms with Crippen molar-refractivity contribution < 1.29 is 0 Å². The van der Waals surface area contributed by atoms with Crippen LogP contribution in [-0.4, -0.2) is 0 Å². The van der Waals surface area contributed by atoms with E-state index in [1.807, 2.05) is 12.1 Å². The molecule has 0 saturated carbocycles. The molecule has 0 aliphatic heterocycles. The van der Waals surface area contributed by atoms with E-state index in [4.69, 9.17) is 17.3 Å². The summed E-state index contributed by atoms with van der Waals surface area (Å²) in [5.41, 5.74) is 8.31. The third kappa shape index (κ3) is 2.45. The molecule has 2 heteroatoms. The summed E-state index contributed by atoms with van der Waals surface area (Å²) in [6, 6.07) is 5.99. The molecule has 2 N–H and O–H groups in total. The van der Waals surface area contributed by atoms with Gasteiger partial charge in [-0.05, 0) is 30.5 Å². The van der Waals surface area contributed by atoms with Gasteiger partial charge < -0.3 is 5.73 Å². The van der Waals surface area contributed by atoms with Crippen LogP contribution in [-0.2, 0) is 0 Å².